The van der Waals surface area contributed by atoms with Crippen LogP contribution >= 0.6 is 0 Å². The number of nitrogens with one attached hydrogen (secondary N) is 3. The molecule has 0 aromatic carbocycles. The average molecular weight is 364 g/mol. The molecule has 1 aliphatic heterocycles. The normalized spacial score (nSPS) is 28.6. The lowest BCUT2D eigenvalue weighted by molar-refractivity contribution is -0.122. The Morgan fingerprint density at radius 1 is 1.08 bits per heavy atom. The van der Waals surface area contributed by atoms with Crippen LogP contribution in [0.5, 0.6) is 0 Å². The molecule has 6 heteroatoms. The lowest BCUT2D eigenvalue weighted by Crippen LogP contribution is -2.50. The number of likely N-dealkylation sites (tertiary alicyclic amines) is 1. The highest BCUT2D eigenvalue weighted by molar-refractivity contribution is 5.81. The highest BCUT2D eigenvalue weighted by Crippen LogP contribution is 2.44. The number of aliphatic imine (C=N–C) groups is 1. The van der Waals surface area contributed by atoms with E-state index in [0.29, 0.717) is 18.6 Å². The number of hydrogen-bond acceptors (Lipinski definition) is 3. The molecular weight excluding hydrogens is 326 g/mol. The third kappa shape index (κ3) is 5.60. The first-order valence-electron chi connectivity index (χ1n) is 10.7. The number of amides is 1. The van der Waals surface area contributed by atoms with E-state index in [9.17, 15) is 4.79 Å². The molecule has 3 aliphatic rings. The minimum atomic E-state index is 0.105. The van der Waals surface area contributed by atoms with Crippen LogP contribution in [0.3, 0.4) is 0 Å². The number of guanidine groups is 1. The number of carbonyl (C=O) groups excluding carboxylic acids is 1. The van der Waals surface area contributed by atoms with Crippen molar-refractivity contribution < 1.29 is 4.79 Å². The van der Waals surface area contributed by atoms with Gasteiger partial charge in [-0.15, -0.1) is 0 Å². The standard InChI is InChI=1S/C20H37N5O/c1-3-22-20(24-18-13-17(18)15-7-5-4-6-8-15)23-16-9-11-25(12-10-16)14-19(26)21-2/h15-18H,3-14H2,1-2H3,(H,21,26)(H2,22,23,24). The van der Waals surface area contributed by atoms with E-state index in [1.54, 1.807) is 7.05 Å². The third-order valence-corrected chi connectivity index (χ3v) is 6.31. The van der Waals surface area contributed by atoms with Crippen molar-refractivity contribution >= 4 is 11.9 Å². The Morgan fingerprint density at radius 2 is 1.81 bits per heavy atom. The summed E-state index contributed by atoms with van der Waals surface area (Å²) in [4.78, 5) is 18.4. The summed E-state index contributed by atoms with van der Waals surface area (Å²) in [5, 5.41) is 10.1. The van der Waals surface area contributed by atoms with Gasteiger partial charge in [-0.05, 0) is 38.0 Å². The van der Waals surface area contributed by atoms with Crippen LogP contribution in [-0.2, 0) is 4.79 Å². The summed E-state index contributed by atoms with van der Waals surface area (Å²) in [6, 6.07) is 1.09. The van der Waals surface area contributed by atoms with E-state index in [1.165, 1.54) is 38.5 Å². The molecule has 3 fully saturated rings. The number of hydrogen-bond donors (Lipinski definition) is 3. The Morgan fingerprint density at radius 3 is 2.46 bits per heavy atom. The number of piperidine rings is 1. The predicted molar refractivity (Wildman–Crippen MR) is 106 cm³/mol. The van der Waals surface area contributed by atoms with Crippen LogP contribution in [0, 0.1) is 11.8 Å². The number of rotatable bonds is 6. The molecule has 26 heavy (non-hydrogen) atoms. The minimum absolute atomic E-state index is 0.105. The Kier molecular flexibility index (Phi) is 7.17. The van der Waals surface area contributed by atoms with Crippen LogP contribution in [0.25, 0.3) is 0 Å². The second kappa shape index (κ2) is 9.58. The van der Waals surface area contributed by atoms with E-state index >= 15 is 0 Å². The molecule has 0 aromatic heterocycles. The fourth-order valence-electron chi connectivity index (χ4n) is 4.64. The molecule has 3 rings (SSSR count). The molecule has 0 spiro atoms. The minimum Gasteiger partial charge on any atom is -0.358 e. The third-order valence-electron chi connectivity index (χ3n) is 6.31. The lowest BCUT2D eigenvalue weighted by Gasteiger charge is -2.32. The first-order chi connectivity index (χ1) is 12.7. The van der Waals surface area contributed by atoms with Gasteiger partial charge in [-0.3, -0.25) is 14.7 Å². The van der Waals surface area contributed by atoms with Gasteiger partial charge >= 0.3 is 0 Å². The molecule has 1 amide bonds. The topological polar surface area (TPSA) is 68.8 Å². The van der Waals surface area contributed by atoms with Crippen molar-refractivity contribution in [3.63, 3.8) is 0 Å². The summed E-state index contributed by atoms with van der Waals surface area (Å²) in [6.07, 6.45) is 10.6. The van der Waals surface area contributed by atoms with E-state index in [1.807, 2.05) is 0 Å². The van der Waals surface area contributed by atoms with Gasteiger partial charge in [0.05, 0.1) is 6.54 Å². The molecular formula is C20H37N5O. The fourth-order valence-corrected chi connectivity index (χ4v) is 4.64. The predicted octanol–water partition coefficient (Wildman–Crippen LogP) is 1.72. The summed E-state index contributed by atoms with van der Waals surface area (Å²) in [7, 11) is 1.70. The van der Waals surface area contributed by atoms with Crippen LogP contribution in [0.2, 0.25) is 0 Å². The van der Waals surface area contributed by atoms with Crippen molar-refractivity contribution in [2.75, 3.05) is 33.2 Å². The molecule has 148 valence electrons. The second-order valence-electron chi connectivity index (χ2n) is 8.24. The first kappa shape index (κ1) is 19.5. The van der Waals surface area contributed by atoms with Crippen LogP contribution in [0.1, 0.15) is 58.3 Å². The summed E-state index contributed by atoms with van der Waals surface area (Å²) < 4.78 is 0. The Balaban J connectivity index is 1.41. The van der Waals surface area contributed by atoms with Crippen molar-refractivity contribution in [3.8, 4) is 0 Å². The molecule has 1 heterocycles. The van der Waals surface area contributed by atoms with Gasteiger partial charge in [0.2, 0.25) is 5.91 Å². The van der Waals surface area contributed by atoms with Crippen LogP contribution < -0.4 is 16.0 Å². The van der Waals surface area contributed by atoms with E-state index in [2.05, 4.69) is 32.8 Å². The maximum Gasteiger partial charge on any atom is 0.233 e. The van der Waals surface area contributed by atoms with Gasteiger partial charge in [0.15, 0.2) is 5.96 Å². The van der Waals surface area contributed by atoms with Crippen molar-refractivity contribution in [2.24, 2.45) is 16.8 Å². The van der Waals surface area contributed by atoms with Gasteiger partial charge in [-0.1, -0.05) is 32.1 Å². The van der Waals surface area contributed by atoms with Crippen LogP contribution in [0.15, 0.2) is 4.99 Å². The maximum atomic E-state index is 11.5. The van der Waals surface area contributed by atoms with Gasteiger partial charge in [0.25, 0.3) is 0 Å². The zero-order valence-electron chi connectivity index (χ0n) is 16.6. The summed E-state index contributed by atoms with van der Waals surface area (Å²) in [5.41, 5.74) is 0. The van der Waals surface area contributed by atoms with Gasteiger partial charge in [-0.25, -0.2) is 0 Å². The maximum absolute atomic E-state index is 11.5. The Bertz CT molecular complexity index is 481. The molecule has 0 bridgehead atoms. The Hall–Kier alpha value is -1.30. The van der Waals surface area contributed by atoms with Gasteiger partial charge in [0.1, 0.15) is 0 Å². The molecule has 0 radical (unpaired) electrons. The molecule has 2 atom stereocenters. The smallest absolute Gasteiger partial charge is 0.233 e. The highest BCUT2D eigenvalue weighted by Gasteiger charge is 2.43. The quantitative estimate of drug-likeness (QED) is 0.496. The highest BCUT2D eigenvalue weighted by atomic mass is 16.1. The van der Waals surface area contributed by atoms with Crippen molar-refractivity contribution in [2.45, 2.75) is 70.4 Å². The van der Waals surface area contributed by atoms with Crippen molar-refractivity contribution in [3.05, 3.63) is 0 Å². The lowest BCUT2D eigenvalue weighted by atomic mass is 9.85. The first-order valence-corrected chi connectivity index (χ1v) is 10.7. The van der Waals surface area contributed by atoms with Crippen molar-refractivity contribution in [1.82, 2.24) is 20.9 Å². The fraction of sp³-hybridized carbons (Fsp3) is 0.900. The van der Waals surface area contributed by atoms with Gasteiger partial charge in [0, 0.05) is 38.8 Å². The molecule has 2 aliphatic carbocycles. The summed E-state index contributed by atoms with van der Waals surface area (Å²) >= 11 is 0. The van der Waals surface area contributed by atoms with E-state index < -0.39 is 0 Å². The summed E-state index contributed by atoms with van der Waals surface area (Å²) in [6.45, 7) is 5.37. The van der Waals surface area contributed by atoms with Gasteiger partial charge < -0.3 is 16.0 Å². The molecule has 6 nitrogen and oxygen atoms in total. The number of carbonyl (C=O) groups is 1. The second-order valence-corrected chi connectivity index (χ2v) is 8.24. The summed E-state index contributed by atoms with van der Waals surface area (Å²) in [5.74, 6) is 2.92. The Labute approximate surface area is 158 Å². The molecule has 3 N–H and O–H groups in total. The zero-order valence-corrected chi connectivity index (χ0v) is 16.6. The van der Waals surface area contributed by atoms with Crippen LogP contribution in [0.4, 0.5) is 0 Å². The van der Waals surface area contributed by atoms with Crippen molar-refractivity contribution in [1.29, 1.82) is 0 Å². The molecule has 1 saturated heterocycles. The van der Waals surface area contributed by atoms with E-state index in [-0.39, 0.29) is 5.91 Å². The van der Waals surface area contributed by atoms with Gasteiger partial charge in [-0.2, -0.15) is 0 Å². The van der Waals surface area contributed by atoms with Crippen LogP contribution in [-0.4, -0.2) is 62.1 Å². The molecule has 2 saturated carbocycles. The molecule has 2 unspecified atom stereocenters. The number of likely N-dealkylation sites (N-methyl/N-ethyl adjacent to an activating group) is 1. The number of nitrogens with zero attached hydrogens (tertiary/aromatic N) is 2. The SMILES string of the molecule is CCN=C(NC1CCN(CC(=O)NC)CC1)NC1CC1C1CCCCC1. The van der Waals surface area contributed by atoms with E-state index in [4.69, 9.17) is 0 Å². The zero-order chi connectivity index (χ0) is 18.4. The molecule has 0 aromatic rings. The monoisotopic (exact) mass is 363 g/mol. The average Bonchev–Trinajstić information content (AvgIpc) is 3.43. The largest absolute Gasteiger partial charge is 0.358 e. The van der Waals surface area contributed by atoms with E-state index in [0.717, 1.165) is 50.3 Å².